The molecule has 0 fully saturated rings. The van der Waals surface area contributed by atoms with Crippen LogP contribution in [0.25, 0.3) is 0 Å². The van der Waals surface area contributed by atoms with Gasteiger partial charge in [-0.2, -0.15) is 0 Å². The SMILES string of the molecule is CCCCCCCCCCCCCCCC(=O)Cl.CCCCCCCCCCCCCCCC(=O)O.CCCCCCCCCCCCCCCC(=O)OCC(O)COC(=O)CCCCCCCCCCCCCCC.CCCCCCCCCCCCCCCC(=O)OCC(O)COC(=O)CCCCCCCCCCCCCCC.O=C(CO)CO.O=S(Cl)Cl.[B].[H-].[Na+]. The fourth-order valence-corrected chi connectivity index (χ4v) is 15.0. The third-order valence-corrected chi connectivity index (χ3v) is 23.2. The predicted molar refractivity (Wildman–Crippen MR) is 542 cm³/mol. The number of rotatable bonds is 94. The van der Waals surface area contributed by atoms with Crippen molar-refractivity contribution in [2.75, 3.05) is 39.6 Å². The van der Waals surface area contributed by atoms with Gasteiger partial charge < -0.3 is 45.9 Å². The van der Waals surface area contributed by atoms with Gasteiger partial charge in [-0.05, 0) is 50.1 Å². The van der Waals surface area contributed by atoms with Gasteiger partial charge in [-0.3, -0.25) is 33.6 Å². The van der Waals surface area contributed by atoms with Gasteiger partial charge in [0.15, 0.2) is 5.78 Å². The second-order valence-electron chi connectivity index (χ2n) is 35.8. The first-order chi connectivity index (χ1) is 61.3. The Morgan fingerprint density at radius 1 is 0.250 bits per heavy atom. The van der Waals surface area contributed by atoms with Crippen LogP contribution >= 0.6 is 33.0 Å². The number of carbonyl (C=O) groups is 7. The molecule has 0 aliphatic heterocycles. The minimum atomic E-state index is -1.67. The Morgan fingerprint density at radius 3 is 0.477 bits per heavy atom. The van der Waals surface area contributed by atoms with Gasteiger partial charge in [0.05, 0.1) is 0 Å². The van der Waals surface area contributed by atoms with E-state index in [1.54, 1.807) is 0 Å². The molecule has 0 saturated carbocycles. The van der Waals surface area contributed by atoms with Crippen molar-refractivity contribution in [3.8, 4) is 0 Å². The summed E-state index contributed by atoms with van der Waals surface area (Å²) >= 11 is 5.28. The molecule has 0 aliphatic rings. The Morgan fingerprint density at radius 2 is 0.367 bits per heavy atom. The first-order valence-corrected chi connectivity index (χ1v) is 56.3. The molecule has 0 bridgehead atoms. The molecule has 0 spiro atoms. The smallest absolute Gasteiger partial charge is 1.00 e. The zero-order valence-electron chi connectivity index (χ0n) is 85.5. The maximum absolute atomic E-state index is 11.9. The summed E-state index contributed by atoms with van der Waals surface area (Å²) < 4.78 is 29.7. The van der Waals surface area contributed by atoms with E-state index in [2.05, 4.69) is 62.9 Å². The first kappa shape index (κ1) is 142. The number of hydrogen-bond acceptors (Lipinski definition) is 16. The number of carboxylic acid groups (broad SMARTS) is 1. The number of ether oxygens (including phenoxy) is 4. The van der Waals surface area contributed by atoms with Crippen LogP contribution in [-0.4, -0.2) is 131 Å². The van der Waals surface area contributed by atoms with Gasteiger partial charge in [0.25, 0.3) is 0 Å². The summed E-state index contributed by atoms with van der Waals surface area (Å²) in [4.78, 5) is 78.1. The number of ketones is 1. The van der Waals surface area contributed by atoms with E-state index in [4.69, 9.17) is 50.1 Å². The van der Waals surface area contributed by atoms with Crippen molar-refractivity contribution in [2.45, 2.75) is 593 Å². The van der Waals surface area contributed by atoms with Gasteiger partial charge in [-0.1, -0.05) is 504 Å². The van der Waals surface area contributed by atoms with Crippen molar-refractivity contribution < 1.29 is 113 Å². The first-order valence-electron chi connectivity index (χ1n) is 53.1. The summed E-state index contributed by atoms with van der Waals surface area (Å²) in [5, 5.41) is 43.9. The molecule has 0 unspecified atom stereocenters. The van der Waals surface area contributed by atoms with E-state index in [1.165, 1.54) is 424 Å². The van der Waals surface area contributed by atoms with Crippen LogP contribution in [0, 0.1) is 0 Å². The van der Waals surface area contributed by atoms with Crippen LogP contribution in [0.15, 0.2) is 0 Å². The topological polar surface area (TPSA) is 275 Å². The largest absolute Gasteiger partial charge is 1.00 e. The van der Waals surface area contributed by atoms with Crippen molar-refractivity contribution >= 4 is 91.5 Å². The number of esters is 4. The summed E-state index contributed by atoms with van der Waals surface area (Å²) in [5.41, 5.74) is 0. The van der Waals surface area contributed by atoms with Crippen LogP contribution in [0.4, 0.5) is 0 Å². The fraction of sp³-hybridized carbons (Fsp3) is 0.933. The number of aliphatic hydroxyl groups excluding tert-OH is 4. The molecule has 0 aromatic heterocycles. The van der Waals surface area contributed by atoms with E-state index in [1.807, 2.05) is 0 Å². The molecule has 759 valence electrons. The molecule has 0 aromatic rings. The number of carbonyl (C=O) groups excluding carboxylic acids is 6. The average Bonchev–Trinajstić information content (AvgIpc) is 0.991. The number of halogens is 3. The van der Waals surface area contributed by atoms with E-state index < -0.39 is 46.4 Å². The third kappa shape index (κ3) is 150. The van der Waals surface area contributed by atoms with Crippen molar-refractivity contribution in [1.29, 1.82) is 0 Å². The van der Waals surface area contributed by atoms with E-state index in [0.717, 1.165) is 77.0 Å². The molecule has 0 atom stereocenters. The van der Waals surface area contributed by atoms with Gasteiger partial charge in [0.2, 0.25) is 14.5 Å². The number of carboxylic acids is 1. The van der Waals surface area contributed by atoms with Crippen LogP contribution in [0.5, 0.6) is 0 Å². The standard InChI is InChI=1S/2C35H68O5.C16H31ClO.C16H32O2.C3H6O3.B.Cl2OS.Na.H/c2*1-3-5-7-9-11-13-15-17-19-21-23-25-27-29-34(37)39-31-33(36)32-40-35(38)30-28-26-24-22-20-18-16-14-12-10-8-6-4-2;2*1-2-3-4-5-6-7-8-9-10-11-12-13-14-15-16(17)18;4-1-3(6)2-5;;1-4(2)3;;/h2*33,36H,3-32H2,1-2H3;2-15H2,1H3;2-15H2,1H3,(H,17,18);4-5H,1-2H2;;;;/q;;;;;;;+1;-1. The van der Waals surface area contributed by atoms with Crippen LogP contribution < -0.4 is 29.6 Å². The van der Waals surface area contributed by atoms with Crippen molar-refractivity contribution in [2.24, 2.45) is 0 Å². The minimum absolute atomic E-state index is 0. The predicted octanol–water partition coefficient (Wildman–Crippen LogP) is 28.9. The zero-order chi connectivity index (χ0) is 94.2. The van der Waals surface area contributed by atoms with Crippen LogP contribution in [0.1, 0.15) is 582 Å². The van der Waals surface area contributed by atoms with Gasteiger partial charge in [0.1, 0.15) is 51.8 Å². The quantitative estimate of drug-likeness (QED) is 0.0124. The van der Waals surface area contributed by atoms with Crippen molar-refractivity contribution in [3.63, 3.8) is 0 Å². The molecule has 0 saturated heterocycles. The van der Waals surface area contributed by atoms with Crippen LogP contribution in [-0.2, 0) is 61.7 Å². The summed E-state index contributed by atoms with van der Waals surface area (Å²) in [5.74, 6) is -2.31. The molecule has 3 radical (unpaired) electrons. The molecule has 0 aliphatic carbocycles. The summed E-state index contributed by atoms with van der Waals surface area (Å²) in [6.45, 7) is 12.0. The number of Topliss-reactive ketones (excluding diaryl/α,β-unsaturated/α-hetero) is 1. The summed E-state index contributed by atoms with van der Waals surface area (Å²) in [6, 6.07) is 0. The zero-order valence-corrected chi connectivity index (χ0v) is 89.6. The van der Waals surface area contributed by atoms with E-state index in [9.17, 15) is 43.8 Å². The molecule has 128 heavy (non-hydrogen) atoms. The van der Waals surface area contributed by atoms with Gasteiger partial charge in [-0.25, -0.2) is 4.21 Å². The number of hydrogen-bond donors (Lipinski definition) is 5. The molecule has 17 nitrogen and oxygen atoms in total. The summed E-state index contributed by atoms with van der Waals surface area (Å²) in [6.07, 6.45) is 101. The summed E-state index contributed by atoms with van der Waals surface area (Å²) in [7, 11) is 7.36. The van der Waals surface area contributed by atoms with Gasteiger partial charge in [0, 0.05) is 68.3 Å². The maximum Gasteiger partial charge on any atom is 1.00 e. The van der Waals surface area contributed by atoms with E-state index in [0.29, 0.717) is 38.5 Å². The monoisotopic (exact) mass is 1910 g/mol. The second-order valence-corrected chi connectivity index (χ2v) is 38.7. The molecule has 0 aromatic carbocycles. The van der Waals surface area contributed by atoms with Crippen molar-refractivity contribution in [1.82, 2.24) is 0 Å². The Hall–Kier alpha value is -1.39. The molecule has 0 heterocycles. The maximum atomic E-state index is 11.9. The fourth-order valence-electron chi connectivity index (χ4n) is 14.9. The Bertz CT molecular complexity index is 1990. The van der Waals surface area contributed by atoms with Crippen molar-refractivity contribution in [3.05, 3.63) is 0 Å². The van der Waals surface area contributed by atoms with Crippen LogP contribution in [0.3, 0.4) is 0 Å². The third-order valence-electron chi connectivity index (χ3n) is 23.0. The molecular formula is C105H206BCl3NaO17S. The van der Waals surface area contributed by atoms with Gasteiger partial charge in [-0.15, -0.1) is 0 Å². The Labute approximate surface area is 831 Å². The Balaban J connectivity index is -0.000000214. The second kappa shape index (κ2) is 130. The average molecular weight is 1910 g/mol. The normalized spacial score (nSPS) is 10.8. The number of aliphatic carboxylic acids is 1. The van der Waals surface area contributed by atoms with E-state index in [-0.39, 0.29) is 94.9 Å². The number of aliphatic hydroxyl groups is 4. The Kier molecular flexibility index (Phi) is 144. The van der Waals surface area contributed by atoms with E-state index >= 15 is 0 Å². The molecule has 5 N–H and O–H groups in total. The number of unbranched alkanes of at least 4 members (excludes halogenated alkanes) is 72. The molecule has 0 amide bonds. The molecule has 23 heteroatoms. The minimum Gasteiger partial charge on any atom is -1.00 e. The van der Waals surface area contributed by atoms with Crippen LogP contribution in [0.2, 0.25) is 0 Å². The molecular weight excluding hydrogens is 1710 g/mol. The van der Waals surface area contributed by atoms with Gasteiger partial charge >= 0.3 is 59.4 Å². The molecule has 0 rings (SSSR count).